The van der Waals surface area contributed by atoms with Crippen LogP contribution < -0.4 is 10.6 Å². The largest absolute Gasteiger partial charge is 0.382 e. The van der Waals surface area contributed by atoms with E-state index in [0.29, 0.717) is 11.6 Å². The number of carbonyl (C=O) groups is 1. The topological polar surface area (TPSA) is 50.4 Å². The van der Waals surface area contributed by atoms with Crippen molar-refractivity contribution >= 4 is 23.3 Å². The molecule has 19 heavy (non-hydrogen) atoms. The van der Waals surface area contributed by atoms with E-state index in [4.69, 9.17) is 16.3 Å². The van der Waals surface area contributed by atoms with E-state index in [-0.39, 0.29) is 6.03 Å². The molecular weight excluding hydrogens is 264 g/mol. The Morgan fingerprint density at radius 2 is 2.16 bits per heavy atom. The Hall–Kier alpha value is -1.26. The van der Waals surface area contributed by atoms with Crippen LogP contribution in [-0.2, 0) is 4.74 Å². The van der Waals surface area contributed by atoms with Crippen LogP contribution in [0, 0.1) is 6.92 Å². The third-order valence-electron chi connectivity index (χ3n) is 2.72. The summed E-state index contributed by atoms with van der Waals surface area (Å²) in [4.78, 5) is 11.7. The summed E-state index contributed by atoms with van der Waals surface area (Å²) in [5.41, 5.74) is 1.61. The molecule has 1 aromatic carbocycles. The van der Waals surface area contributed by atoms with Crippen LogP contribution in [0.15, 0.2) is 18.2 Å². The van der Waals surface area contributed by atoms with Crippen molar-refractivity contribution < 1.29 is 9.53 Å². The number of ether oxygens (including phenoxy) is 1. The van der Waals surface area contributed by atoms with Gasteiger partial charge in [0.2, 0.25) is 0 Å². The van der Waals surface area contributed by atoms with Gasteiger partial charge in [-0.25, -0.2) is 4.79 Å². The van der Waals surface area contributed by atoms with Crippen molar-refractivity contribution in [1.82, 2.24) is 5.32 Å². The minimum absolute atomic E-state index is 0.207. The van der Waals surface area contributed by atoms with Crippen LogP contribution in [0.3, 0.4) is 0 Å². The number of nitrogens with one attached hydrogen (secondary N) is 2. The van der Waals surface area contributed by atoms with Crippen LogP contribution in [0.1, 0.15) is 25.3 Å². The molecule has 0 aromatic heterocycles. The number of halogens is 1. The second kappa shape index (κ2) is 8.77. The summed E-state index contributed by atoms with van der Waals surface area (Å²) < 4.78 is 5.22. The van der Waals surface area contributed by atoms with Gasteiger partial charge in [0, 0.05) is 30.5 Å². The van der Waals surface area contributed by atoms with E-state index in [2.05, 4.69) is 10.6 Å². The number of amides is 2. The number of benzene rings is 1. The lowest BCUT2D eigenvalue weighted by molar-refractivity contribution is 0.143. The predicted molar refractivity (Wildman–Crippen MR) is 78.9 cm³/mol. The van der Waals surface area contributed by atoms with Gasteiger partial charge in [-0.2, -0.15) is 0 Å². The zero-order valence-electron chi connectivity index (χ0n) is 11.5. The van der Waals surface area contributed by atoms with Gasteiger partial charge >= 0.3 is 6.03 Å². The maximum atomic E-state index is 11.7. The molecule has 0 heterocycles. The molecule has 2 amide bonds. The predicted octanol–water partition coefficient (Wildman–Crippen LogP) is 3.59. The first-order chi connectivity index (χ1) is 9.15. The minimum atomic E-state index is -0.207. The van der Waals surface area contributed by atoms with E-state index in [0.717, 1.165) is 37.3 Å². The SMILES string of the molecule is CCOCCCCNC(=O)Nc1cccc(Cl)c1C. The Balaban J connectivity index is 2.26. The fourth-order valence-electron chi connectivity index (χ4n) is 1.58. The van der Waals surface area contributed by atoms with Crippen LogP contribution in [0.2, 0.25) is 5.02 Å². The quantitative estimate of drug-likeness (QED) is 0.752. The number of unbranched alkanes of at least 4 members (excludes halogenated alkanes) is 1. The summed E-state index contributed by atoms with van der Waals surface area (Å²) in [5, 5.41) is 6.24. The van der Waals surface area contributed by atoms with Gasteiger partial charge in [-0.1, -0.05) is 17.7 Å². The Morgan fingerprint density at radius 3 is 2.89 bits per heavy atom. The Bertz CT molecular complexity index is 410. The maximum absolute atomic E-state index is 11.7. The van der Waals surface area contributed by atoms with Crippen molar-refractivity contribution in [2.45, 2.75) is 26.7 Å². The first kappa shape index (κ1) is 15.8. The lowest BCUT2D eigenvalue weighted by Crippen LogP contribution is -2.29. The monoisotopic (exact) mass is 284 g/mol. The summed E-state index contributed by atoms with van der Waals surface area (Å²) in [6.07, 6.45) is 1.85. The smallest absolute Gasteiger partial charge is 0.319 e. The molecule has 2 N–H and O–H groups in total. The van der Waals surface area contributed by atoms with Crippen LogP contribution in [0.4, 0.5) is 10.5 Å². The molecular formula is C14H21ClN2O2. The molecule has 0 aliphatic rings. The van der Waals surface area contributed by atoms with Crippen molar-refractivity contribution in [3.05, 3.63) is 28.8 Å². The van der Waals surface area contributed by atoms with E-state index in [9.17, 15) is 4.79 Å². The zero-order valence-corrected chi connectivity index (χ0v) is 12.2. The van der Waals surface area contributed by atoms with Gasteiger partial charge in [-0.3, -0.25) is 0 Å². The van der Waals surface area contributed by atoms with Crippen molar-refractivity contribution in [3.63, 3.8) is 0 Å². The second-order valence-electron chi connectivity index (χ2n) is 4.20. The molecule has 0 fully saturated rings. The molecule has 0 saturated heterocycles. The molecule has 0 bridgehead atoms. The van der Waals surface area contributed by atoms with Gasteiger partial charge in [0.1, 0.15) is 0 Å². The first-order valence-electron chi connectivity index (χ1n) is 6.53. The number of hydrogen-bond acceptors (Lipinski definition) is 2. The number of rotatable bonds is 7. The van der Waals surface area contributed by atoms with Crippen molar-refractivity contribution in [3.8, 4) is 0 Å². The van der Waals surface area contributed by atoms with Gasteiger partial charge in [0.25, 0.3) is 0 Å². The first-order valence-corrected chi connectivity index (χ1v) is 6.90. The lowest BCUT2D eigenvalue weighted by atomic mass is 10.2. The van der Waals surface area contributed by atoms with E-state index in [1.807, 2.05) is 26.0 Å². The molecule has 0 spiro atoms. The molecule has 4 nitrogen and oxygen atoms in total. The fraction of sp³-hybridized carbons (Fsp3) is 0.500. The van der Waals surface area contributed by atoms with E-state index in [1.54, 1.807) is 6.07 Å². The summed E-state index contributed by atoms with van der Waals surface area (Å²) in [7, 11) is 0. The highest BCUT2D eigenvalue weighted by atomic mass is 35.5. The number of urea groups is 1. The Morgan fingerprint density at radius 1 is 1.37 bits per heavy atom. The van der Waals surface area contributed by atoms with Crippen molar-refractivity contribution in [2.75, 3.05) is 25.1 Å². The molecule has 1 rings (SSSR count). The minimum Gasteiger partial charge on any atom is -0.382 e. The van der Waals surface area contributed by atoms with Gasteiger partial charge in [0.05, 0.1) is 0 Å². The van der Waals surface area contributed by atoms with Crippen LogP contribution in [0.25, 0.3) is 0 Å². The standard InChI is InChI=1S/C14H21ClN2O2/c1-3-19-10-5-4-9-16-14(18)17-13-8-6-7-12(15)11(13)2/h6-8H,3-5,9-10H2,1-2H3,(H2,16,17,18). The summed E-state index contributed by atoms with van der Waals surface area (Å²) in [5.74, 6) is 0. The molecule has 0 atom stereocenters. The summed E-state index contributed by atoms with van der Waals surface area (Å²) >= 11 is 5.99. The Kier molecular flexibility index (Phi) is 7.30. The number of anilines is 1. The molecule has 0 unspecified atom stereocenters. The molecule has 5 heteroatoms. The fourth-order valence-corrected chi connectivity index (χ4v) is 1.76. The highest BCUT2D eigenvalue weighted by Crippen LogP contribution is 2.22. The normalized spacial score (nSPS) is 10.3. The summed E-state index contributed by atoms with van der Waals surface area (Å²) in [6.45, 7) is 5.97. The lowest BCUT2D eigenvalue weighted by Gasteiger charge is -2.10. The average molecular weight is 285 g/mol. The van der Waals surface area contributed by atoms with E-state index < -0.39 is 0 Å². The van der Waals surface area contributed by atoms with Crippen molar-refractivity contribution in [1.29, 1.82) is 0 Å². The van der Waals surface area contributed by atoms with Crippen LogP contribution in [0.5, 0.6) is 0 Å². The van der Waals surface area contributed by atoms with E-state index >= 15 is 0 Å². The molecule has 0 aliphatic heterocycles. The molecule has 0 aliphatic carbocycles. The third-order valence-corrected chi connectivity index (χ3v) is 3.13. The number of hydrogen-bond donors (Lipinski definition) is 2. The zero-order chi connectivity index (χ0) is 14.1. The summed E-state index contributed by atoms with van der Waals surface area (Å²) in [6, 6.07) is 5.23. The van der Waals surface area contributed by atoms with Gasteiger partial charge < -0.3 is 15.4 Å². The molecule has 106 valence electrons. The average Bonchev–Trinajstić information content (AvgIpc) is 2.39. The van der Waals surface area contributed by atoms with Crippen molar-refractivity contribution in [2.24, 2.45) is 0 Å². The van der Waals surface area contributed by atoms with Gasteiger partial charge in [-0.15, -0.1) is 0 Å². The van der Waals surface area contributed by atoms with Gasteiger partial charge in [0.15, 0.2) is 0 Å². The third kappa shape index (κ3) is 5.94. The van der Waals surface area contributed by atoms with Crippen LogP contribution in [-0.4, -0.2) is 25.8 Å². The Labute approximate surface area is 119 Å². The van der Waals surface area contributed by atoms with Crippen LogP contribution >= 0.6 is 11.6 Å². The second-order valence-corrected chi connectivity index (χ2v) is 4.60. The molecule has 0 saturated carbocycles. The number of carbonyl (C=O) groups excluding carboxylic acids is 1. The highest BCUT2D eigenvalue weighted by molar-refractivity contribution is 6.31. The maximum Gasteiger partial charge on any atom is 0.319 e. The van der Waals surface area contributed by atoms with E-state index in [1.165, 1.54) is 0 Å². The molecule has 0 radical (unpaired) electrons. The highest BCUT2D eigenvalue weighted by Gasteiger charge is 2.05. The molecule has 1 aromatic rings. The van der Waals surface area contributed by atoms with Gasteiger partial charge in [-0.05, 0) is 44.4 Å².